The summed E-state index contributed by atoms with van der Waals surface area (Å²) in [5, 5.41) is 0. The first-order valence-electron chi connectivity index (χ1n) is 6.13. The van der Waals surface area contributed by atoms with Gasteiger partial charge in [0.1, 0.15) is 5.75 Å². The lowest BCUT2D eigenvalue weighted by Gasteiger charge is -2.32. The zero-order chi connectivity index (χ0) is 12.3. The Labute approximate surface area is 102 Å². The minimum Gasteiger partial charge on any atom is -0.490 e. The Morgan fingerprint density at radius 3 is 2.47 bits per heavy atom. The van der Waals surface area contributed by atoms with E-state index in [9.17, 15) is 4.79 Å². The molecule has 0 aliphatic heterocycles. The SMILES string of the molecule is CCOC(=O)c1ccc(OC2CC(C)C2)cc1. The molecule has 92 valence electrons. The minimum atomic E-state index is -0.281. The molecule has 0 spiro atoms. The summed E-state index contributed by atoms with van der Waals surface area (Å²) >= 11 is 0. The highest BCUT2D eigenvalue weighted by atomic mass is 16.5. The average Bonchev–Trinajstić information content (AvgIpc) is 2.28. The maximum Gasteiger partial charge on any atom is 0.338 e. The van der Waals surface area contributed by atoms with E-state index < -0.39 is 0 Å². The third-order valence-electron chi connectivity index (χ3n) is 3.00. The monoisotopic (exact) mass is 234 g/mol. The molecule has 0 unspecified atom stereocenters. The second kappa shape index (κ2) is 5.21. The normalized spacial score (nSPS) is 22.7. The van der Waals surface area contributed by atoms with Gasteiger partial charge in [-0.15, -0.1) is 0 Å². The second-order valence-electron chi connectivity index (χ2n) is 4.56. The van der Waals surface area contributed by atoms with Crippen LogP contribution in [0.4, 0.5) is 0 Å². The van der Waals surface area contributed by atoms with Crippen LogP contribution in [0.15, 0.2) is 24.3 Å². The molecule has 1 aromatic carbocycles. The molecule has 3 heteroatoms. The van der Waals surface area contributed by atoms with Gasteiger partial charge in [-0.25, -0.2) is 4.79 Å². The molecule has 0 radical (unpaired) electrons. The van der Waals surface area contributed by atoms with E-state index in [0.29, 0.717) is 18.3 Å². The molecule has 0 atom stereocenters. The average molecular weight is 234 g/mol. The van der Waals surface area contributed by atoms with Crippen molar-refractivity contribution in [3.8, 4) is 5.75 Å². The number of hydrogen-bond donors (Lipinski definition) is 0. The Balaban J connectivity index is 1.91. The van der Waals surface area contributed by atoms with E-state index in [0.717, 1.165) is 24.5 Å². The Hall–Kier alpha value is -1.51. The molecule has 1 aliphatic carbocycles. The first kappa shape index (κ1) is 12.0. The second-order valence-corrected chi connectivity index (χ2v) is 4.56. The summed E-state index contributed by atoms with van der Waals surface area (Å²) in [6.45, 7) is 4.42. The summed E-state index contributed by atoms with van der Waals surface area (Å²) < 4.78 is 10.7. The van der Waals surface area contributed by atoms with Crippen molar-refractivity contribution in [2.24, 2.45) is 5.92 Å². The van der Waals surface area contributed by atoms with Gasteiger partial charge in [-0.2, -0.15) is 0 Å². The van der Waals surface area contributed by atoms with Crippen LogP contribution in [0.5, 0.6) is 5.75 Å². The zero-order valence-corrected chi connectivity index (χ0v) is 10.3. The molecule has 0 saturated heterocycles. The van der Waals surface area contributed by atoms with Gasteiger partial charge in [-0.3, -0.25) is 0 Å². The van der Waals surface area contributed by atoms with Gasteiger partial charge < -0.3 is 9.47 Å². The van der Waals surface area contributed by atoms with E-state index in [2.05, 4.69) is 6.92 Å². The number of rotatable bonds is 4. The summed E-state index contributed by atoms with van der Waals surface area (Å²) in [4.78, 5) is 11.4. The van der Waals surface area contributed by atoms with Crippen LogP contribution in [0.2, 0.25) is 0 Å². The van der Waals surface area contributed by atoms with Gasteiger partial charge in [0.2, 0.25) is 0 Å². The summed E-state index contributed by atoms with van der Waals surface area (Å²) in [5.74, 6) is 1.32. The first-order valence-corrected chi connectivity index (χ1v) is 6.13. The van der Waals surface area contributed by atoms with Crippen LogP contribution in [0.1, 0.15) is 37.0 Å². The molecule has 17 heavy (non-hydrogen) atoms. The molecule has 0 amide bonds. The molecule has 0 N–H and O–H groups in total. The maximum absolute atomic E-state index is 11.4. The van der Waals surface area contributed by atoms with Crippen molar-refractivity contribution in [1.82, 2.24) is 0 Å². The molecule has 1 aliphatic rings. The fraction of sp³-hybridized carbons (Fsp3) is 0.500. The zero-order valence-electron chi connectivity index (χ0n) is 10.3. The first-order chi connectivity index (χ1) is 8.19. The van der Waals surface area contributed by atoms with Crippen LogP contribution < -0.4 is 4.74 Å². The van der Waals surface area contributed by atoms with Gasteiger partial charge in [0, 0.05) is 0 Å². The lowest BCUT2D eigenvalue weighted by atomic mass is 9.84. The van der Waals surface area contributed by atoms with Gasteiger partial charge in [0.05, 0.1) is 18.3 Å². The lowest BCUT2D eigenvalue weighted by molar-refractivity contribution is 0.0526. The Morgan fingerprint density at radius 1 is 1.29 bits per heavy atom. The van der Waals surface area contributed by atoms with Gasteiger partial charge in [0.25, 0.3) is 0 Å². The Morgan fingerprint density at radius 2 is 1.94 bits per heavy atom. The predicted molar refractivity (Wildman–Crippen MR) is 65.2 cm³/mol. The summed E-state index contributed by atoms with van der Waals surface area (Å²) in [7, 11) is 0. The van der Waals surface area contributed by atoms with E-state index in [-0.39, 0.29) is 5.97 Å². The van der Waals surface area contributed by atoms with Gasteiger partial charge >= 0.3 is 5.97 Å². The highest BCUT2D eigenvalue weighted by molar-refractivity contribution is 5.89. The summed E-state index contributed by atoms with van der Waals surface area (Å²) in [5.41, 5.74) is 0.571. The largest absolute Gasteiger partial charge is 0.490 e. The molecule has 1 fully saturated rings. The molecule has 0 heterocycles. The molecular weight excluding hydrogens is 216 g/mol. The fourth-order valence-electron chi connectivity index (χ4n) is 2.00. The maximum atomic E-state index is 11.4. The molecule has 1 aromatic rings. The van der Waals surface area contributed by atoms with E-state index in [4.69, 9.17) is 9.47 Å². The smallest absolute Gasteiger partial charge is 0.338 e. The predicted octanol–water partition coefficient (Wildman–Crippen LogP) is 3.04. The van der Waals surface area contributed by atoms with Gasteiger partial charge in [-0.1, -0.05) is 6.92 Å². The van der Waals surface area contributed by atoms with Crippen molar-refractivity contribution >= 4 is 5.97 Å². The van der Waals surface area contributed by atoms with Crippen LogP contribution >= 0.6 is 0 Å². The van der Waals surface area contributed by atoms with E-state index in [1.807, 2.05) is 12.1 Å². The molecule has 1 saturated carbocycles. The van der Waals surface area contributed by atoms with Crippen molar-refractivity contribution in [2.45, 2.75) is 32.8 Å². The van der Waals surface area contributed by atoms with Crippen molar-refractivity contribution in [1.29, 1.82) is 0 Å². The quantitative estimate of drug-likeness (QED) is 0.751. The standard InChI is InChI=1S/C14H18O3/c1-3-16-14(15)11-4-6-12(7-5-11)17-13-8-10(2)9-13/h4-7,10,13H,3,8-9H2,1-2H3. The van der Waals surface area contributed by atoms with Crippen molar-refractivity contribution in [3.63, 3.8) is 0 Å². The molecule has 3 nitrogen and oxygen atoms in total. The number of benzene rings is 1. The molecule has 2 rings (SSSR count). The molecule has 0 aromatic heterocycles. The van der Waals surface area contributed by atoms with Crippen LogP contribution in [-0.4, -0.2) is 18.7 Å². The third kappa shape index (κ3) is 2.99. The topological polar surface area (TPSA) is 35.5 Å². The van der Waals surface area contributed by atoms with E-state index >= 15 is 0 Å². The fourth-order valence-corrected chi connectivity index (χ4v) is 2.00. The van der Waals surface area contributed by atoms with Crippen LogP contribution in [0, 0.1) is 5.92 Å². The highest BCUT2D eigenvalue weighted by Gasteiger charge is 2.26. The van der Waals surface area contributed by atoms with E-state index in [1.165, 1.54) is 0 Å². The van der Waals surface area contributed by atoms with Crippen molar-refractivity contribution in [2.75, 3.05) is 6.61 Å². The number of carbonyl (C=O) groups excluding carboxylic acids is 1. The third-order valence-corrected chi connectivity index (χ3v) is 3.00. The molecular formula is C14H18O3. The van der Waals surface area contributed by atoms with Crippen LogP contribution in [0.25, 0.3) is 0 Å². The van der Waals surface area contributed by atoms with Gasteiger partial charge in [-0.05, 0) is 49.9 Å². The van der Waals surface area contributed by atoms with Crippen molar-refractivity contribution < 1.29 is 14.3 Å². The number of carbonyl (C=O) groups is 1. The van der Waals surface area contributed by atoms with Crippen LogP contribution in [-0.2, 0) is 4.74 Å². The summed E-state index contributed by atoms with van der Waals surface area (Å²) in [6, 6.07) is 7.15. The van der Waals surface area contributed by atoms with E-state index in [1.54, 1.807) is 19.1 Å². The Bertz CT molecular complexity index is 377. The molecule has 0 bridgehead atoms. The summed E-state index contributed by atoms with van der Waals surface area (Å²) in [6.07, 6.45) is 2.60. The minimum absolute atomic E-state index is 0.281. The highest BCUT2D eigenvalue weighted by Crippen LogP contribution is 2.30. The van der Waals surface area contributed by atoms with Crippen LogP contribution in [0.3, 0.4) is 0 Å². The van der Waals surface area contributed by atoms with Gasteiger partial charge in [0.15, 0.2) is 0 Å². The number of hydrogen-bond acceptors (Lipinski definition) is 3. The van der Waals surface area contributed by atoms with Crippen molar-refractivity contribution in [3.05, 3.63) is 29.8 Å². The number of esters is 1. The lowest BCUT2D eigenvalue weighted by Crippen LogP contribution is -2.31. The number of ether oxygens (including phenoxy) is 2. The Kier molecular flexibility index (Phi) is 3.67.